The van der Waals surface area contributed by atoms with Gasteiger partial charge < -0.3 is 16.0 Å². The van der Waals surface area contributed by atoms with E-state index in [2.05, 4.69) is 52.8 Å². The Balaban J connectivity index is 1.37. The van der Waals surface area contributed by atoms with Gasteiger partial charge in [-0.3, -0.25) is 4.79 Å². The highest BCUT2D eigenvalue weighted by Crippen LogP contribution is 2.27. The van der Waals surface area contributed by atoms with Gasteiger partial charge in [-0.15, -0.1) is 0 Å². The predicted molar refractivity (Wildman–Crippen MR) is 135 cm³/mol. The molecule has 1 aliphatic carbocycles. The Morgan fingerprint density at radius 3 is 2.35 bits per heavy atom. The van der Waals surface area contributed by atoms with Gasteiger partial charge in [0.05, 0.1) is 23.7 Å². The number of benzene rings is 2. The largest absolute Gasteiger partial charge is 0.360 e. The third-order valence-corrected chi connectivity index (χ3v) is 6.13. The van der Waals surface area contributed by atoms with E-state index in [-0.39, 0.29) is 24.0 Å². The number of nitriles is 1. The van der Waals surface area contributed by atoms with E-state index in [1.165, 1.54) is 6.33 Å². The van der Waals surface area contributed by atoms with Crippen molar-refractivity contribution >= 4 is 22.6 Å². The molecule has 1 heterocycles. The Hall–Kier alpha value is -3.50. The van der Waals surface area contributed by atoms with E-state index in [9.17, 15) is 4.79 Å². The lowest BCUT2D eigenvalue weighted by atomic mass is 9.89. The fourth-order valence-corrected chi connectivity index (χ4v) is 4.55. The van der Waals surface area contributed by atoms with Crippen LogP contribution in [-0.2, 0) is 4.79 Å². The summed E-state index contributed by atoms with van der Waals surface area (Å²) in [6, 6.07) is 16.3. The number of carbonyl (C=O) groups excluding carboxylic acids is 1. The van der Waals surface area contributed by atoms with Gasteiger partial charge in [-0.1, -0.05) is 18.2 Å². The first-order chi connectivity index (χ1) is 16.3. The van der Waals surface area contributed by atoms with Crippen molar-refractivity contribution in [3.05, 3.63) is 54.4 Å². The van der Waals surface area contributed by atoms with Gasteiger partial charge in [-0.25, -0.2) is 9.97 Å². The molecule has 1 saturated carbocycles. The summed E-state index contributed by atoms with van der Waals surface area (Å²) in [5, 5.41) is 19.9. The molecule has 0 aliphatic heterocycles. The second-order valence-corrected chi connectivity index (χ2v) is 10.0. The Kier molecular flexibility index (Phi) is 7.09. The first kappa shape index (κ1) is 23.7. The molecule has 1 amide bonds. The van der Waals surface area contributed by atoms with Gasteiger partial charge >= 0.3 is 0 Å². The lowest BCUT2D eigenvalue weighted by Crippen LogP contribution is -2.48. The summed E-state index contributed by atoms with van der Waals surface area (Å²) in [5.74, 6) is 0.607. The molecule has 1 fully saturated rings. The van der Waals surface area contributed by atoms with Crippen LogP contribution in [0.5, 0.6) is 0 Å². The number of anilines is 1. The molecule has 176 valence electrons. The number of nitrogens with zero attached hydrogens (tertiary/aromatic N) is 3. The molecule has 0 bridgehead atoms. The van der Waals surface area contributed by atoms with Crippen molar-refractivity contribution in [1.29, 1.82) is 5.26 Å². The third-order valence-electron chi connectivity index (χ3n) is 6.13. The molecule has 0 radical (unpaired) electrons. The molecule has 0 unspecified atom stereocenters. The number of hydrogen-bond donors (Lipinski definition) is 3. The SMILES string of the molecule is CC(C)(C)NC1CCC(NC(=O)CNc2ncnc3ccc(-c4ccc(C#N)cc4)cc23)CC1. The summed E-state index contributed by atoms with van der Waals surface area (Å²) >= 11 is 0. The maximum absolute atomic E-state index is 12.6. The van der Waals surface area contributed by atoms with Gasteiger partial charge in [-0.2, -0.15) is 5.26 Å². The van der Waals surface area contributed by atoms with Crippen LogP contribution in [0.3, 0.4) is 0 Å². The normalized spacial score (nSPS) is 18.3. The minimum Gasteiger partial charge on any atom is -0.360 e. The molecule has 0 saturated heterocycles. The van der Waals surface area contributed by atoms with E-state index in [0.717, 1.165) is 47.7 Å². The fourth-order valence-electron chi connectivity index (χ4n) is 4.55. The Bertz CT molecular complexity index is 1180. The van der Waals surface area contributed by atoms with Crippen molar-refractivity contribution in [2.45, 2.75) is 64.1 Å². The lowest BCUT2D eigenvalue weighted by molar-refractivity contribution is -0.120. The molecule has 0 atom stereocenters. The number of fused-ring (bicyclic) bond motifs is 1. The molecular weight excluding hydrogens is 424 g/mol. The zero-order chi connectivity index (χ0) is 24.1. The number of aromatic nitrogens is 2. The highest BCUT2D eigenvalue weighted by Gasteiger charge is 2.25. The summed E-state index contributed by atoms with van der Waals surface area (Å²) in [6.07, 6.45) is 5.63. The summed E-state index contributed by atoms with van der Waals surface area (Å²) in [7, 11) is 0. The van der Waals surface area contributed by atoms with E-state index in [1.807, 2.05) is 30.3 Å². The van der Waals surface area contributed by atoms with Gasteiger partial charge in [0.15, 0.2) is 0 Å². The maximum atomic E-state index is 12.6. The highest BCUT2D eigenvalue weighted by molar-refractivity contribution is 5.93. The third kappa shape index (κ3) is 6.09. The van der Waals surface area contributed by atoms with E-state index < -0.39 is 0 Å². The molecule has 7 nitrogen and oxygen atoms in total. The van der Waals surface area contributed by atoms with Crippen LogP contribution in [0.15, 0.2) is 48.8 Å². The monoisotopic (exact) mass is 456 g/mol. The zero-order valence-electron chi connectivity index (χ0n) is 20.1. The summed E-state index contributed by atoms with van der Waals surface area (Å²) in [6.45, 7) is 6.73. The average Bonchev–Trinajstić information content (AvgIpc) is 2.83. The van der Waals surface area contributed by atoms with E-state index in [0.29, 0.717) is 17.4 Å². The van der Waals surface area contributed by atoms with Gasteiger partial charge in [0.1, 0.15) is 12.1 Å². The summed E-state index contributed by atoms with van der Waals surface area (Å²) in [5.41, 5.74) is 3.55. The van der Waals surface area contributed by atoms with Crippen molar-refractivity contribution in [2.24, 2.45) is 0 Å². The molecule has 7 heteroatoms. The number of hydrogen-bond acceptors (Lipinski definition) is 6. The van der Waals surface area contributed by atoms with E-state index in [1.54, 1.807) is 12.1 Å². The zero-order valence-corrected chi connectivity index (χ0v) is 20.1. The molecule has 1 aromatic heterocycles. The number of rotatable bonds is 6. The van der Waals surface area contributed by atoms with Gasteiger partial charge in [-0.05, 0) is 81.8 Å². The van der Waals surface area contributed by atoms with Crippen molar-refractivity contribution in [3.63, 3.8) is 0 Å². The summed E-state index contributed by atoms with van der Waals surface area (Å²) in [4.78, 5) is 21.4. The molecule has 3 aromatic rings. The van der Waals surface area contributed by atoms with Crippen LogP contribution in [0.2, 0.25) is 0 Å². The quantitative estimate of drug-likeness (QED) is 0.508. The van der Waals surface area contributed by atoms with Gasteiger partial charge in [0.2, 0.25) is 5.91 Å². The first-order valence-corrected chi connectivity index (χ1v) is 11.9. The number of amides is 1. The first-order valence-electron chi connectivity index (χ1n) is 11.9. The van der Waals surface area contributed by atoms with Crippen LogP contribution in [0.25, 0.3) is 22.0 Å². The molecule has 34 heavy (non-hydrogen) atoms. The van der Waals surface area contributed by atoms with Gasteiger partial charge in [0.25, 0.3) is 0 Å². The Morgan fingerprint density at radius 2 is 1.68 bits per heavy atom. The van der Waals surface area contributed by atoms with Crippen molar-refractivity contribution < 1.29 is 4.79 Å². The Labute approximate surface area is 201 Å². The predicted octanol–water partition coefficient (Wildman–Crippen LogP) is 4.40. The molecule has 4 rings (SSSR count). The second kappa shape index (κ2) is 10.2. The molecule has 2 aromatic carbocycles. The van der Waals surface area contributed by atoms with Gasteiger partial charge in [0, 0.05) is 23.0 Å². The van der Waals surface area contributed by atoms with Crippen LogP contribution < -0.4 is 16.0 Å². The minimum absolute atomic E-state index is 0.0257. The van der Waals surface area contributed by atoms with Crippen molar-refractivity contribution in [3.8, 4) is 17.2 Å². The van der Waals surface area contributed by atoms with Crippen LogP contribution in [-0.4, -0.2) is 40.0 Å². The minimum atomic E-state index is -0.0257. The summed E-state index contributed by atoms with van der Waals surface area (Å²) < 4.78 is 0. The van der Waals surface area contributed by atoms with Crippen LogP contribution in [0.1, 0.15) is 52.0 Å². The van der Waals surface area contributed by atoms with Crippen LogP contribution >= 0.6 is 0 Å². The van der Waals surface area contributed by atoms with Crippen LogP contribution in [0.4, 0.5) is 5.82 Å². The standard InChI is InChI=1S/C27H32N6O/c1-27(2,3)33-22-11-9-21(10-12-22)32-25(34)16-29-26-23-14-20(8-13-24(23)30-17-31-26)19-6-4-18(15-28)5-7-19/h4-8,13-14,17,21-22,33H,9-12,16H2,1-3H3,(H,32,34)(H,29,30,31). The average molecular weight is 457 g/mol. The topological polar surface area (TPSA) is 103 Å². The molecule has 3 N–H and O–H groups in total. The fraction of sp³-hybridized carbons (Fsp3) is 0.407. The number of carbonyl (C=O) groups is 1. The van der Waals surface area contributed by atoms with Crippen molar-refractivity contribution in [1.82, 2.24) is 20.6 Å². The van der Waals surface area contributed by atoms with Crippen molar-refractivity contribution in [2.75, 3.05) is 11.9 Å². The second-order valence-electron chi connectivity index (χ2n) is 10.0. The lowest BCUT2D eigenvalue weighted by Gasteiger charge is -2.34. The smallest absolute Gasteiger partial charge is 0.239 e. The maximum Gasteiger partial charge on any atom is 0.239 e. The Morgan fingerprint density at radius 1 is 1.00 bits per heavy atom. The van der Waals surface area contributed by atoms with E-state index in [4.69, 9.17) is 5.26 Å². The molecule has 1 aliphatic rings. The van der Waals surface area contributed by atoms with Crippen LogP contribution in [0, 0.1) is 11.3 Å². The van der Waals surface area contributed by atoms with E-state index >= 15 is 0 Å². The number of nitrogens with one attached hydrogen (secondary N) is 3. The molecular formula is C27H32N6O. The highest BCUT2D eigenvalue weighted by atomic mass is 16.2. The molecule has 0 spiro atoms.